The quantitative estimate of drug-likeness (QED) is 0.477. The molecule has 3 aliphatic rings. The van der Waals surface area contributed by atoms with Crippen molar-refractivity contribution in [3.8, 4) is 0 Å². The first kappa shape index (κ1) is 7.17. The predicted octanol–water partition coefficient (Wildman–Crippen LogP) is 3.68. The van der Waals surface area contributed by atoms with E-state index in [0.717, 1.165) is 11.3 Å². The Hall–Kier alpha value is -0.260. The van der Waals surface area contributed by atoms with Crippen molar-refractivity contribution in [1.82, 2.24) is 0 Å². The molecule has 3 rings (SSSR count). The van der Waals surface area contributed by atoms with E-state index in [2.05, 4.69) is 6.92 Å². The van der Waals surface area contributed by atoms with E-state index in [1.165, 1.54) is 44.9 Å². The van der Waals surface area contributed by atoms with Crippen LogP contribution in [0.1, 0.15) is 51.9 Å². The standard InChI is InChI=1S/C12H18/c1-9-6-8-12-7-2-3-10(12)4-5-11(9)12/h10H,2-8H2,1H3. The van der Waals surface area contributed by atoms with Gasteiger partial charge in [-0.05, 0) is 56.8 Å². The summed E-state index contributed by atoms with van der Waals surface area (Å²) in [6.07, 6.45) is 10.5. The Morgan fingerprint density at radius 3 is 3.00 bits per heavy atom. The highest BCUT2D eigenvalue weighted by atomic mass is 14.6. The molecule has 0 heterocycles. The van der Waals surface area contributed by atoms with Gasteiger partial charge in [0.1, 0.15) is 0 Å². The van der Waals surface area contributed by atoms with Gasteiger partial charge in [0, 0.05) is 0 Å². The Morgan fingerprint density at radius 1 is 1.17 bits per heavy atom. The summed E-state index contributed by atoms with van der Waals surface area (Å²) in [4.78, 5) is 0. The van der Waals surface area contributed by atoms with Crippen LogP contribution in [0, 0.1) is 11.3 Å². The average molecular weight is 162 g/mol. The van der Waals surface area contributed by atoms with Crippen molar-refractivity contribution in [2.75, 3.05) is 0 Å². The molecule has 2 saturated carbocycles. The van der Waals surface area contributed by atoms with Gasteiger partial charge in [-0.1, -0.05) is 17.6 Å². The molecule has 66 valence electrons. The fourth-order valence-corrected chi connectivity index (χ4v) is 4.21. The molecule has 2 atom stereocenters. The summed E-state index contributed by atoms with van der Waals surface area (Å²) in [5.41, 5.74) is 4.44. The van der Waals surface area contributed by atoms with Crippen molar-refractivity contribution >= 4 is 0 Å². The van der Waals surface area contributed by atoms with Crippen LogP contribution in [0.15, 0.2) is 11.1 Å². The van der Waals surface area contributed by atoms with Gasteiger partial charge in [-0.25, -0.2) is 0 Å². The summed E-state index contributed by atoms with van der Waals surface area (Å²) < 4.78 is 0. The zero-order chi connectivity index (χ0) is 8.18. The lowest BCUT2D eigenvalue weighted by Gasteiger charge is -2.26. The third-order valence-corrected chi connectivity index (χ3v) is 4.76. The van der Waals surface area contributed by atoms with Gasteiger partial charge < -0.3 is 0 Å². The molecule has 0 N–H and O–H groups in total. The lowest BCUT2D eigenvalue weighted by atomic mass is 9.78. The topological polar surface area (TPSA) is 0 Å². The van der Waals surface area contributed by atoms with Crippen molar-refractivity contribution in [2.45, 2.75) is 51.9 Å². The summed E-state index contributed by atoms with van der Waals surface area (Å²) in [5, 5.41) is 0. The average Bonchev–Trinajstić information content (AvgIpc) is 2.62. The highest BCUT2D eigenvalue weighted by Gasteiger charge is 2.51. The minimum Gasteiger partial charge on any atom is -0.0735 e. The molecular formula is C12H18. The molecular weight excluding hydrogens is 144 g/mol. The number of hydrogen-bond acceptors (Lipinski definition) is 0. The van der Waals surface area contributed by atoms with Crippen LogP contribution in [0.5, 0.6) is 0 Å². The van der Waals surface area contributed by atoms with Crippen molar-refractivity contribution < 1.29 is 0 Å². The highest BCUT2D eigenvalue weighted by Crippen LogP contribution is 2.63. The summed E-state index contributed by atoms with van der Waals surface area (Å²) in [5.74, 6) is 1.10. The first-order chi connectivity index (χ1) is 5.83. The van der Waals surface area contributed by atoms with Crippen LogP contribution < -0.4 is 0 Å². The highest BCUT2D eigenvalue weighted by molar-refractivity contribution is 5.33. The normalized spacial score (nSPS) is 45.2. The number of rotatable bonds is 0. The first-order valence-corrected chi connectivity index (χ1v) is 5.52. The maximum absolute atomic E-state index is 2.38. The molecule has 12 heavy (non-hydrogen) atoms. The Morgan fingerprint density at radius 2 is 2.08 bits per heavy atom. The molecule has 0 saturated heterocycles. The van der Waals surface area contributed by atoms with Crippen LogP contribution in [0.25, 0.3) is 0 Å². The third-order valence-electron chi connectivity index (χ3n) is 4.76. The van der Waals surface area contributed by atoms with Gasteiger partial charge in [-0.2, -0.15) is 0 Å². The smallest absolute Gasteiger partial charge is 0.00541 e. The zero-order valence-corrected chi connectivity index (χ0v) is 8.03. The SMILES string of the molecule is CC1=C2CCC3CCCC23CC1. The second-order valence-corrected chi connectivity index (χ2v) is 5.04. The second kappa shape index (κ2) is 2.16. The number of allylic oxidation sites excluding steroid dienone is 2. The predicted molar refractivity (Wildman–Crippen MR) is 50.9 cm³/mol. The van der Waals surface area contributed by atoms with Gasteiger partial charge in [-0.3, -0.25) is 0 Å². The minimum absolute atomic E-state index is 0.768. The van der Waals surface area contributed by atoms with E-state index in [1.807, 2.05) is 5.57 Å². The molecule has 0 bridgehead atoms. The molecule has 3 aliphatic carbocycles. The third kappa shape index (κ3) is 0.654. The molecule has 0 nitrogen and oxygen atoms in total. The Kier molecular flexibility index (Phi) is 1.29. The summed E-state index contributed by atoms with van der Waals surface area (Å²) >= 11 is 0. The van der Waals surface area contributed by atoms with Crippen molar-refractivity contribution in [3.05, 3.63) is 11.1 Å². The maximum Gasteiger partial charge on any atom is -0.00541 e. The van der Waals surface area contributed by atoms with E-state index >= 15 is 0 Å². The molecule has 0 aromatic rings. The molecule has 0 aliphatic heterocycles. The van der Waals surface area contributed by atoms with E-state index < -0.39 is 0 Å². The lowest BCUT2D eigenvalue weighted by Crippen LogP contribution is -2.18. The molecule has 1 spiro atoms. The van der Waals surface area contributed by atoms with E-state index in [4.69, 9.17) is 0 Å². The van der Waals surface area contributed by atoms with E-state index in [0.29, 0.717) is 0 Å². The van der Waals surface area contributed by atoms with Crippen molar-refractivity contribution in [2.24, 2.45) is 11.3 Å². The Balaban J connectivity index is 2.09. The van der Waals surface area contributed by atoms with Crippen molar-refractivity contribution in [3.63, 3.8) is 0 Å². The van der Waals surface area contributed by atoms with Crippen LogP contribution in [0.4, 0.5) is 0 Å². The van der Waals surface area contributed by atoms with Crippen LogP contribution in [0.2, 0.25) is 0 Å². The zero-order valence-electron chi connectivity index (χ0n) is 8.03. The van der Waals surface area contributed by atoms with E-state index in [1.54, 1.807) is 5.57 Å². The van der Waals surface area contributed by atoms with Crippen LogP contribution in [-0.4, -0.2) is 0 Å². The van der Waals surface area contributed by atoms with Crippen LogP contribution in [-0.2, 0) is 0 Å². The van der Waals surface area contributed by atoms with Gasteiger partial charge in [0.15, 0.2) is 0 Å². The van der Waals surface area contributed by atoms with Crippen molar-refractivity contribution in [1.29, 1.82) is 0 Å². The second-order valence-electron chi connectivity index (χ2n) is 5.04. The Bertz CT molecular complexity index is 249. The van der Waals surface area contributed by atoms with Crippen LogP contribution in [0.3, 0.4) is 0 Å². The fraction of sp³-hybridized carbons (Fsp3) is 0.833. The molecule has 2 fully saturated rings. The fourth-order valence-electron chi connectivity index (χ4n) is 4.21. The lowest BCUT2D eigenvalue weighted by molar-refractivity contribution is 0.290. The largest absolute Gasteiger partial charge is 0.0735 e. The summed E-state index contributed by atoms with van der Waals surface area (Å²) in [6, 6.07) is 0. The molecule has 0 radical (unpaired) electrons. The first-order valence-electron chi connectivity index (χ1n) is 5.52. The van der Waals surface area contributed by atoms with Crippen LogP contribution >= 0.6 is 0 Å². The van der Waals surface area contributed by atoms with Gasteiger partial charge in [0.2, 0.25) is 0 Å². The molecule has 0 aromatic heterocycles. The monoisotopic (exact) mass is 162 g/mol. The molecule has 0 heteroatoms. The summed E-state index contributed by atoms with van der Waals surface area (Å²) in [6.45, 7) is 2.38. The van der Waals surface area contributed by atoms with E-state index in [9.17, 15) is 0 Å². The van der Waals surface area contributed by atoms with Gasteiger partial charge in [0.05, 0.1) is 0 Å². The van der Waals surface area contributed by atoms with E-state index in [-0.39, 0.29) is 0 Å². The summed E-state index contributed by atoms with van der Waals surface area (Å²) in [7, 11) is 0. The number of hydrogen-bond donors (Lipinski definition) is 0. The Labute approximate surface area is 75.0 Å². The minimum atomic E-state index is 0.768. The molecule has 0 aromatic carbocycles. The molecule has 0 amide bonds. The van der Waals surface area contributed by atoms with Gasteiger partial charge >= 0.3 is 0 Å². The molecule has 2 unspecified atom stereocenters. The van der Waals surface area contributed by atoms with Gasteiger partial charge in [-0.15, -0.1) is 0 Å². The van der Waals surface area contributed by atoms with Gasteiger partial charge in [0.25, 0.3) is 0 Å². The maximum atomic E-state index is 2.38.